The Morgan fingerprint density at radius 1 is 1.30 bits per heavy atom. The number of halogens is 2. The SMILES string of the molecule is CCOc1ccccc1-c1c(Cl)cc2[nH][c]nc2c1Cl. The maximum atomic E-state index is 6.45. The molecule has 0 saturated carbocycles. The molecule has 0 aliphatic rings. The van der Waals surface area contributed by atoms with E-state index in [2.05, 4.69) is 16.3 Å². The van der Waals surface area contributed by atoms with Gasteiger partial charge in [-0.05, 0) is 19.1 Å². The molecular weight excluding hydrogens is 295 g/mol. The van der Waals surface area contributed by atoms with Crippen LogP contribution in [0.1, 0.15) is 6.92 Å². The molecule has 0 aliphatic heterocycles. The summed E-state index contributed by atoms with van der Waals surface area (Å²) >= 11 is 12.8. The molecule has 3 nitrogen and oxygen atoms in total. The third-order valence-electron chi connectivity index (χ3n) is 3.01. The number of nitrogens with zero attached hydrogens (tertiary/aromatic N) is 1. The van der Waals surface area contributed by atoms with E-state index in [1.165, 1.54) is 0 Å². The number of nitrogens with one attached hydrogen (secondary N) is 1. The minimum Gasteiger partial charge on any atom is -0.493 e. The fraction of sp³-hybridized carbons (Fsp3) is 0.133. The van der Waals surface area contributed by atoms with Crippen LogP contribution in [0.3, 0.4) is 0 Å². The molecule has 1 radical (unpaired) electrons. The van der Waals surface area contributed by atoms with Crippen molar-refractivity contribution in [1.29, 1.82) is 0 Å². The van der Waals surface area contributed by atoms with E-state index in [0.717, 1.165) is 22.4 Å². The summed E-state index contributed by atoms with van der Waals surface area (Å²) in [5, 5.41) is 1.05. The fourth-order valence-electron chi connectivity index (χ4n) is 2.16. The zero-order valence-electron chi connectivity index (χ0n) is 10.7. The summed E-state index contributed by atoms with van der Waals surface area (Å²) in [6.45, 7) is 2.51. The van der Waals surface area contributed by atoms with Crippen LogP contribution in [0.5, 0.6) is 5.75 Å². The van der Waals surface area contributed by atoms with Crippen molar-refractivity contribution in [1.82, 2.24) is 9.97 Å². The molecule has 0 unspecified atom stereocenters. The topological polar surface area (TPSA) is 37.9 Å². The molecule has 0 fully saturated rings. The van der Waals surface area contributed by atoms with E-state index >= 15 is 0 Å². The second-order valence-electron chi connectivity index (χ2n) is 4.22. The summed E-state index contributed by atoms with van der Waals surface area (Å²) in [5.74, 6) is 0.748. The molecule has 1 N–H and O–H groups in total. The number of benzene rings is 2. The molecule has 0 saturated heterocycles. The average Bonchev–Trinajstić information content (AvgIpc) is 2.89. The van der Waals surface area contributed by atoms with Crippen molar-refractivity contribution in [2.75, 3.05) is 6.61 Å². The second kappa shape index (κ2) is 5.35. The highest BCUT2D eigenvalue weighted by Gasteiger charge is 2.17. The summed E-state index contributed by atoms with van der Waals surface area (Å²) in [4.78, 5) is 6.99. The molecule has 0 bridgehead atoms. The van der Waals surface area contributed by atoms with Crippen molar-refractivity contribution in [2.24, 2.45) is 0 Å². The largest absolute Gasteiger partial charge is 0.493 e. The maximum absolute atomic E-state index is 6.45. The van der Waals surface area contributed by atoms with E-state index in [1.807, 2.05) is 31.2 Å². The zero-order chi connectivity index (χ0) is 14.1. The first kappa shape index (κ1) is 13.3. The molecule has 20 heavy (non-hydrogen) atoms. The Hall–Kier alpha value is -1.71. The van der Waals surface area contributed by atoms with Crippen LogP contribution < -0.4 is 4.74 Å². The number of imidazole rings is 1. The number of H-pyrrole nitrogens is 1. The van der Waals surface area contributed by atoms with Crippen LogP contribution in [0.25, 0.3) is 22.2 Å². The average molecular weight is 306 g/mol. The van der Waals surface area contributed by atoms with Crippen LogP contribution in [0.15, 0.2) is 30.3 Å². The number of hydrogen-bond donors (Lipinski definition) is 1. The van der Waals surface area contributed by atoms with E-state index in [-0.39, 0.29) is 0 Å². The number of rotatable bonds is 3. The van der Waals surface area contributed by atoms with Gasteiger partial charge in [0.25, 0.3) is 0 Å². The smallest absolute Gasteiger partial charge is 0.174 e. The van der Waals surface area contributed by atoms with Crippen LogP contribution in [0.4, 0.5) is 0 Å². The quantitative estimate of drug-likeness (QED) is 0.759. The summed E-state index contributed by atoms with van der Waals surface area (Å²) in [6, 6.07) is 9.46. The number of ether oxygens (including phenoxy) is 1. The fourth-order valence-corrected chi connectivity index (χ4v) is 2.86. The number of para-hydroxylation sites is 1. The predicted octanol–water partition coefficient (Wildman–Crippen LogP) is 4.74. The second-order valence-corrected chi connectivity index (χ2v) is 5.01. The lowest BCUT2D eigenvalue weighted by molar-refractivity contribution is 0.341. The first-order valence-electron chi connectivity index (χ1n) is 6.18. The Kier molecular flexibility index (Phi) is 3.55. The van der Waals surface area contributed by atoms with Gasteiger partial charge in [0.15, 0.2) is 6.33 Å². The minimum atomic E-state index is 0.497. The van der Waals surface area contributed by atoms with E-state index in [4.69, 9.17) is 27.9 Å². The molecule has 5 heteroatoms. The van der Waals surface area contributed by atoms with Gasteiger partial charge in [0, 0.05) is 11.1 Å². The van der Waals surface area contributed by atoms with Gasteiger partial charge in [-0.15, -0.1) is 0 Å². The number of aromatic nitrogens is 2. The predicted molar refractivity (Wildman–Crippen MR) is 81.6 cm³/mol. The van der Waals surface area contributed by atoms with E-state index in [0.29, 0.717) is 22.2 Å². The maximum Gasteiger partial charge on any atom is 0.174 e. The van der Waals surface area contributed by atoms with E-state index < -0.39 is 0 Å². The molecule has 0 amide bonds. The molecular formula is C15H11Cl2N2O. The lowest BCUT2D eigenvalue weighted by Crippen LogP contribution is -1.94. The van der Waals surface area contributed by atoms with Gasteiger partial charge in [-0.2, -0.15) is 0 Å². The first-order chi connectivity index (χ1) is 9.72. The molecule has 101 valence electrons. The van der Waals surface area contributed by atoms with Crippen molar-refractivity contribution in [3.8, 4) is 16.9 Å². The molecule has 0 aliphatic carbocycles. The Balaban J connectivity index is 2.29. The first-order valence-corrected chi connectivity index (χ1v) is 6.94. The Morgan fingerprint density at radius 3 is 2.90 bits per heavy atom. The lowest BCUT2D eigenvalue weighted by atomic mass is 10.0. The van der Waals surface area contributed by atoms with Gasteiger partial charge >= 0.3 is 0 Å². The highest BCUT2D eigenvalue weighted by atomic mass is 35.5. The number of fused-ring (bicyclic) bond motifs is 1. The Morgan fingerprint density at radius 2 is 2.10 bits per heavy atom. The van der Waals surface area contributed by atoms with E-state index in [1.54, 1.807) is 6.07 Å². The Bertz CT molecular complexity index is 768. The van der Waals surface area contributed by atoms with Crippen LogP contribution in [0.2, 0.25) is 10.0 Å². The van der Waals surface area contributed by atoms with Crippen LogP contribution in [-0.2, 0) is 0 Å². The molecule has 0 spiro atoms. The third kappa shape index (κ3) is 2.13. The standard InChI is InChI=1S/C15H11Cl2N2O/c1-2-20-12-6-4-3-5-9(12)13-10(16)7-11-15(14(13)17)19-8-18-11/h3-7H,2H2,1H3,(H,18,19). The number of hydrogen-bond acceptors (Lipinski definition) is 2. The number of aromatic amines is 1. The molecule has 1 aromatic heterocycles. The minimum absolute atomic E-state index is 0.497. The van der Waals surface area contributed by atoms with E-state index in [9.17, 15) is 0 Å². The normalized spacial score (nSPS) is 10.9. The molecule has 1 heterocycles. The van der Waals surface area contributed by atoms with Crippen molar-refractivity contribution in [2.45, 2.75) is 6.92 Å². The summed E-state index contributed by atoms with van der Waals surface area (Å²) in [6.07, 6.45) is 2.67. The van der Waals surface area contributed by atoms with Crippen LogP contribution >= 0.6 is 23.2 Å². The highest BCUT2D eigenvalue weighted by molar-refractivity contribution is 6.42. The monoisotopic (exact) mass is 305 g/mol. The van der Waals surface area contributed by atoms with Gasteiger partial charge < -0.3 is 9.72 Å². The van der Waals surface area contributed by atoms with Crippen LogP contribution in [0, 0.1) is 6.33 Å². The van der Waals surface area contributed by atoms with Crippen molar-refractivity contribution < 1.29 is 4.74 Å². The molecule has 2 aromatic carbocycles. The van der Waals surface area contributed by atoms with Crippen LogP contribution in [-0.4, -0.2) is 16.6 Å². The molecule has 3 rings (SSSR count). The molecule has 3 aromatic rings. The summed E-state index contributed by atoms with van der Waals surface area (Å²) < 4.78 is 5.64. The van der Waals surface area contributed by atoms with Gasteiger partial charge in [0.1, 0.15) is 11.3 Å². The lowest BCUT2D eigenvalue weighted by Gasteiger charge is -2.13. The van der Waals surface area contributed by atoms with Crippen molar-refractivity contribution in [3.05, 3.63) is 46.7 Å². The van der Waals surface area contributed by atoms with Gasteiger partial charge in [0.2, 0.25) is 0 Å². The Labute approximate surface area is 126 Å². The summed E-state index contributed by atoms with van der Waals surface area (Å²) in [5.41, 5.74) is 3.00. The van der Waals surface area contributed by atoms with Gasteiger partial charge in [-0.3, -0.25) is 0 Å². The van der Waals surface area contributed by atoms with Crippen molar-refractivity contribution in [3.63, 3.8) is 0 Å². The molecule has 0 atom stereocenters. The van der Waals surface area contributed by atoms with Gasteiger partial charge in [-0.25, -0.2) is 4.98 Å². The van der Waals surface area contributed by atoms with Gasteiger partial charge in [-0.1, -0.05) is 41.4 Å². The third-order valence-corrected chi connectivity index (χ3v) is 3.67. The highest BCUT2D eigenvalue weighted by Crippen LogP contribution is 2.42. The van der Waals surface area contributed by atoms with Crippen molar-refractivity contribution >= 4 is 34.2 Å². The zero-order valence-corrected chi connectivity index (χ0v) is 12.2. The summed E-state index contributed by atoms with van der Waals surface area (Å²) in [7, 11) is 0. The van der Waals surface area contributed by atoms with Gasteiger partial charge in [0.05, 0.1) is 22.2 Å².